The summed E-state index contributed by atoms with van der Waals surface area (Å²) in [5, 5.41) is 3.06. The molecule has 162 valence electrons. The molecule has 0 radical (unpaired) electrons. The second-order valence-corrected chi connectivity index (χ2v) is 9.00. The zero-order valence-electron chi connectivity index (χ0n) is 18.1. The third-order valence-corrected chi connectivity index (χ3v) is 7.13. The standard InChI is InChI=1S/C25H27FN2O2S/c1-4-21-16(2)31-24-22(21)12-13-28(23(24)18-8-10-19(26)11-9-18)25(29)27-15-17-6-5-7-20(14-17)30-3/h5-11,14,23H,4,12-13,15H2,1-3H3,(H,27,29)/t23-/m0/s1. The minimum Gasteiger partial charge on any atom is -0.497 e. The maximum atomic E-state index is 13.6. The number of carbonyl (C=O) groups excluding carboxylic acids is 1. The van der Waals surface area contributed by atoms with Gasteiger partial charge in [-0.15, -0.1) is 11.3 Å². The summed E-state index contributed by atoms with van der Waals surface area (Å²) < 4.78 is 18.9. The van der Waals surface area contributed by atoms with Crippen LogP contribution in [0.1, 0.15) is 45.0 Å². The van der Waals surface area contributed by atoms with Crippen LogP contribution >= 0.6 is 11.3 Å². The number of hydrogen-bond donors (Lipinski definition) is 1. The van der Waals surface area contributed by atoms with E-state index in [0.717, 1.165) is 29.7 Å². The quantitative estimate of drug-likeness (QED) is 0.561. The molecular weight excluding hydrogens is 411 g/mol. The number of urea groups is 1. The molecule has 1 N–H and O–H groups in total. The minimum atomic E-state index is -0.273. The fourth-order valence-electron chi connectivity index (χ4n) is 4.37. The van der Waals surface area contributed by atoms with Crippen molar-refractivity contribution in [2.45, 2.75) is 39.3 Å². The molecular formula is C25H27FN2O2S. The number of fused-ring (bicyclic) bond motifs is 1. The lowest BCUT2D eigenvalue weighted by Gasteiger charge is -2.36. The van der Waals surface area contributed by atoms with Crippen molar-refractivity contribution >= 4 is 17.4 Å². The topological polar surface area (TPSA) is 41.6 Å². The van der Waals surface area contributed by atoms with Crippen LogP contribution in [-0.4, -0.2) is 24.6 Å². The number of ether oxygens (including phenoxy) is 1. The maximum absolute atomic E-state index is 13.6. The van der Waals surface area contributed by atoms with Crippen LogP contribution in [0.5, 0.6) is 5.75 Å². The molecule has 2 heterocycles. The van der Waals surface area contributed by atoms with E-state index in [-0.39, 0.29) is 17.9 Å². The summed E-state index contributed by atoms with van der Waals surface area (Å²) in [5.74, 6) is 0.491. The molecule has 2 aromatic carbocycles. The molecule has 0 unspecified atom stereocenters. The zero-order valence-corrected chi connectivity index (χ0v) is 18.9. The van der Waals surface area contributed by atoms with Crippen molar-refractivity contribution < 1.29 is 13.9 Å². The normalized spacial score (nSPS) is 15.5. The molecule has 4 rings (SSSR count). The van der Waals surface area contributed by atoms with E-state index in [4.69, 9.17) is 4.74 Å². The Kier molecular flexibility index (Phi) is 6.28. The highest BCUT2D eigenvalue weighted by atomic mass is 32.1. The predicted molar refractivity (Wildman–Crippen MR) is 122 cm³/mol. The van der Waals surface area contributed by atoms with Gasteiger partial charge in [-0.2, -0.15) is 0 Å². The average molecular weight is 439 g/mol. The number of hydrogen-bond acceptors (Lipinski definition) is 3. The number of benzene rings is 2. The molecule has 6 heteroatoms. The molecule has 1 aliphatic heterocycles. The first-order chi connectivity index (χ1) is 15.0. The molecule has 0 aliphatic carbocycles. The summed E-state index contributed by atoms with van der Waals surface area (Å²) in [6.07, 6.45) is 1.82. The van der Waals surface area contributed by atoms with E-state index in [9.17, 15) is 9.18 Å². The fraction of sp³-hybridized carbons (Fsp3) is 0.320. The summed E-state index contributed by atoms with van der Waals surface area (Å²) in [6.45, 7) is 5.37. The monoisotopic (exact) mass is 438 g/mol. The van der Waals surface area contributed by atoms with Crippen LogP contribution < -0.4 is 10.1 Å². The molecule has 0 spiro atoms. The van der Waals surface area contributed by atoms with Crippen LogP contribution in [0.15, 0.2) is 48.5 Å². The number of thiophene rings is 1. The van der Waals surface area contributed by atoms with Gasteiger partial charge in [0.05, 0.1) is 13.2 Å². The van der Waals surface area contributed by atoms with Crippen molar-refractivity contribution in [3.8, 4) is 5.75 Å². The van der Waals surface area contributed by atoms with Gasteiger partial charge in [0, 0.05) is 22.8 Å². The van der Waals surface area contributed by atoms with E-state index in [0.29, 0.717) is 13.1 Å². The predicted octanol–water partition coefficient (Wildman–Crippen LogP) is 5.62. The molecule has 3 aromatic rings. The molecule has 4 nitrogen and oxygen atoms in total. The van der Waals surface area contributed by atoms with E-state index >= 15 is 0 Å². The van der Waals surface area contributed by atoms with Gasteiger partial charge in [0.1, 0.15) is 11.6 Å². The van der Waals surface area contributed by atoms with Crippen LogP contribution in [-0.2, 0) is 19.4 Å². The fourth-order valence-corrected chi connectivity index (χ4v) is 5.81. The number of methoxy groups -OCH3 is 1. The van der Waals surface area contributed by atoms with Crippen molar-refractivity contribution in [1.82, 2.24) is 10.2 Å². The highest BCUT2D eigenvalue weighted by molar-refractivity contribution is 7.12. The number of nitrogens with one attached hydrogen (secondary N) is 1. The molecule has 0 bridgehead atoms. The summed E-state index contributed by atoms with van der Waals surface area (Å²) >= 11 is 1.76. The van der Waals surface area contributed by atoms with Gasteiger partial charge < -0.3 is 15.0 Å². The van der Waals surface area contributed by atoms with Crippen molar-refractivity contribution in [2.75, 3.05) is 13.7 Å². The van der Waals surface area contributed by atoms with Gasteiger partial charge in [-0.05, 0) is 66.3 Å². The van der Waals surface area contributed by atoms with Crippen LogP contribution in [0, 0.1) is 12.7 Å². The Balaban J connectivity index is 1.63. The number of rotatable bonds is 5. The summed E-state index contributed by atoms with van der Waals surface area (Å²) in [5.41, 5.74) is 4.66. The molecule has 2 amide bonds. The van der Waals surface area contributed by atoms with E-state index in [1.54, 1.807) is 30.6 Å². The molecule has 0 saturated heterocycles. The Morgan fingerprint density at radius 2 is 2.03 bits per heavy atom. The Morgan fingerprint density at radius 3 is 2.74 bits per heavy atom. The number of halogens is 1. The van der Waals surface area contributed by atoms with Gasteiger partial charge in [-0.1, -0.05) is 31.2 Å². The van der Waals surface area contributed by atoms with Crippen molar-refractivity contribution in [1.29, 1.82) is 0 Å². The minimum absolute atomic E-state index is 0.119. The van der Waals surface area contributed by atoms with Gasteiger partial charge in [0.25, 0.3) is 0 Å². The molecule has 1 atom stereocenters. The Morgan fingerprint density at radius 1 is 1.26 bits per heavy atom. The third kappa shape index (κ3) is 4.30. The summed E-state index contributed by atoms with van der Waals surface area (Å²) in [6, 6.07) is 13.9. The van der Waals surface area contributed by atoms with Crippen molar-refractivity contribution in [3.05, 3.63) is 86.4 Å². The van der Waals surface area contributed by atoms with Gasteiger partial charge in [0.15, 0.2) is 0 Å². The van der Waals surface area contributed by atoms with E-state index in [1.807, 2.05) is 29.2 Å². The van der Waals surface area contributed by atoms with Crippen molar-refractivity contribution in [2.24, 2.45) is 0 Å². The lowest BCUT2D eigenvalue weighted by atomic mass is 9.92. The first kappa shape index (κ1) is 21.4. The smallest absolute Gasteiger partial charge is 0.318 e. The highest BCUT2D eigenvalue weighted by Crippen LogP contribution is 2.42. The molecule has 0 saturated carbocycles. The number of carbonyl (C=O) groups is 1. The average Bonchev–Trinajstić information content (AvgIpc) is 3.12. The van der Waals surface area contributed by atoms with Gasteiger partial charge in [-0.3, -0.25) is 0 Å². The molecule has 1 aliphatic rings. The van der Waals surface area contributed by atoms with Crippen LogP contribution in [0.2, 0.25) is 0 Å². The number of amides is 2. The molecule has 1 aromatic heterocycles. The van der Waals surface area contributed by atoms with Crippen LogP contribution in [0.3, 0.4) is 0 Å². The first-order valence-electron chi connectivity index (χ1n) is 10.6. The van der Waals surface area contributed by atoms with Crippen LogP contribution in [0.4, 0.5) is 9.18 Å². The SMILES string of the molecule is CCc1c(C)sc2c1CCN(C(=O)NCc1cccc(OC)c1)[C@H]2c1ccc(F)cc1. The second-order valence-electron chi connectivity index (χ2n) is 7.74. The third-order valence-electron chi connectivity index (χ3n) is 5.89. The lowest BCUT2D eigenvalue weighted by molar-refractivity contribution is 0.180. The Labute approximate surface area is 186 Å². The van der Waals surface area contributed by atoms with E-state index < -0.39 is 0 Å². The second kappa shape index (κ2) is 9.10. The summed E-state index contributed by atoms with van der Waals surface area (Å²) in [7, 11) is 1.63. The van der Waals surface area contributed by atoms with E-state index in [1.165, 1.54) is 33.0 Å². The molecule has 0 fully saturated rings. The largest absolute Gasteiger partial charge is 0.497 e. The Bertz CT molecular complexity index is 1080. The zero-order chi connectivity index (χ0) is 22.0. The van der Waals surface area contributed by atoms with Gasteiger partial charge in [-0.25, -0.2) is 9.18 Å². The van der Waals surface area contributed by atoms with E-state index in [2.05, 4.69) is 19.2 Å². The first-order valence-corrected chi connectivity index (χ1v) is 11.4. The highest BCUT2D eigenvalue weighted by Gasteiger charge is 2.35. The summed E-state index contributed by atoms with van der Waals surface area (Å²) in [4.78, 5) is 17.6. The lowest BCUT2D eigenvalue weighted by Crippen LogP contribution is -2.45. The maximum Gasteiger partial charge on any atom is 0.318 e. The van der Waals surface area contributed by atoms with Crippen molar-refractivity contribution in [3.63, 3.8) is 0 Å². The Hall–Kier alpha value is -2.86. The van der Waals surface area contributed by atoms with Crippen LogP contribution in [0.25, 0.3) is 0 Å². The molecule has 31 heavy (non-hydrogen) atoms. The number of nitrogens with zero attached hydrogens (tertiary/aromatic N) is 1. The van der Waals surface area contributed by atoms with Gasteiger partial charge >= 0.3 is 6.03 Å². The number of aryl methyl sites for hydroxylation is 1. The van der Waals surface area contributed by atoms with Gasteiger partial charge in [0.2, 0.25) is 0 Å².